The molecule has 1 unspecified atom stereocenters. The van der Waals surface area contributed by atoms with E-state index in [1.165, 1.54) is 0 Å². The Morgan fingerprint density at radius 2 is 2.21 bits per heavy atom. The van der Waals surface area contributed by atoms with Crippen LogP contribution in [0.25, 0.3) is 0 Å². The minimum absolute atomic E-state index is 0. The number of guanidine groups is 1. The summed E-state index contributed by atoms with van der Waals surface area (Å²) in [6.45, 7) is 6.68. The molecular weight excluding hydrogens is 479 g/mol. The van der Waals surface area contributed by atoms with Crippen molar-refractivity contribution in [2.45, 2.75) is 26.5 Å². The van der Waals surface area contributed by atoms with Crippen molar-refractivity contribution >= 4 is 29.9 Å². The monoisotopic (exact) mass is 510 g/mol. The number of pyridine rings is 1. The maximum atomic E-state index is 5.87. The molecule has 0 aliphatic carbocycles. The molecule has 1 N–H and O–H groups in total. The molecule has 0 amide bonds. The van der Waals surface area contributed by atoms with Crippen LogP contribution in [0.2, 0.25) is 0 Å². The zero-order valence-corrected chi connectivity index (χ0v) is 19.5. The van der Waals surface area contributed by atoms with Crippen LogP contribution in [0.4, 0.5) is 0 Å². The van der Waals surface area contributed by atoms with Crippen molar-refractivity contribution in [2.75, 3.05) is 33.4 Å². The molecule has 6 nitrogen and oxygen atoms in total. The zero-order valence-electron chi connectivity index (χ0n) is 17.2. The molecule has 2 heterocycles. The van der Waals surface area contributed by atoms with Crippen LogP contribution in [-0.4, -0.2) is 49.2 Å². The minimum atomic E-state index is 0. The summed E-state index contributed by atoms with van der Waals surface area (Å²) in [5.74, 6) is 2.34. The second kappa shape index (κ2) is 12.6. The molecule has 0 spiro atoms. The molecule has 1 aliphatic heterocycles. The molecule has 1 atom stereocenters. The van der Waals surface area contributed by atoms with Crippen molar-refractivity contribution in [3.8, 4) is 5.75 Å². The first-order valence-electron chi connectivity index (χ1n) is 9.93. The molecule has 0 saturated carbocycles. The number of halogens is 1. The zero-order chi connectivity index (χ0) is 19.6. The number of ether oxygens (including phenoxy) is 2. The van der Waals surface area contributed by atoms with E-state index in [0.717, 1.165) is 55.7 Å². The van der Waals surface area contributed by atoms with Gasteiger partial charge >= 0.3 is 0 Å². The molecular formula is C22H31IN4O2. The van der Waals surface area contributed by atoms with E-state index in [1.54, 1.807) is 6.20 Å². The Morgan fingerprint density at radius 1 is 1.31 bits per heavy atom. The van der Waals surface area contributed by atoms with Gasteiger partial charge in [-0.15, -0.1) is 24.0 Å². The molecule has 7 heteroatoms. The lowest BCUT2D eigenvalue weighted by Crippen LogP contribution is -2.41. The Labute approximate surface area is 190 Å². The molecule has 3 rings (SSSR count). The predicted octanol–water partition coefficient (Wildman–Crippen LogP) is 3.71. The fourth-order valence-electron chi connectivity index (χ4n) is 3.21. The number of nitrogens with zero attached hydrogens (tertiary/aromatic N) is 3. The normalized spacial score (nSPS) is 16.2. The molecule has 0 radical (unpaired) electrons. The van der Waals surface area contributed by atoms with Crippen molar-refractivity contribution in [3.63, 3.8) is 0 Å². The van der Waals surface area contributed by atoms with E-state index in [2.05, 4.69) is 35.2 Å². The van der Waals surface area contributed by atoms with Gasteiger partial charge in [-0.05, 0) is 43.2 Å². The molecule has 29 heavy (non-hydrogen) atoms. The van der Waals surface area contributed by atoms with Crippen LogP contribution in [0.15, 0.2) is 53.7 Å². The van der Waals surface area contributed by atoms with Crippen LogP contribution in [-0.2, 0) is 17.9 Å². The van der Waals surface area contributed by atoms with Gasteiger partial charge in [0.2, 0.25) is 0 Å². The van der Waals surface area contributed by atoms with Gasteiger partial charge in [0.25, 0.3) is 0 Å². The first kappa shape index (κ1) is 23.4. The van der Waals surface area contributed by atoms with Crippen LogP contribution in [0, 0.1) is 5.92 Å². The lowest BCUT2D eigenvalue weighted by Gasteiger charge is -2.24. The van der Waals surface area contributed by atoms with Crippen molar-refractivity contribution in [3.05, 3.63) is 59.9 Å². The smallest absolute Gasteiger partial charge is 0.193 e. The molecule has 1 fully saturated rings. The summed E-state index contributed by atoms with van der Waals surface area (Å²) in [5.41, 5.74) is 2.03. The number of aliphatic imine (C=N–C) groups is 1. The first-order valence-corrected chi connectivity index (χ1v) is 9.93. The average molecular weight is 510 g/mol. The lowest BCUT2D eigenvalue weighted by atomic mass is 10.1. The number of aromatic nitrogens is 1. The molecule has 2 aromatic rings. The Morgan fingerprint density at radius 3 is 2.93 bits per heavy atom. The van der Waals surface area contributed by atoms with Crippen LogP contribution >= 0.6 is 24.0 Å². The summed E-state index contributed by atoms with van der Waals surface area (Å²) >= 11 is 0. The van der Waals surface area contributed by atoms with Crippen LogP contribution in [0.5, 0.6) is 5.75 Å². The third kappa shape index (κ3) is 7.81. The van der Waals surface area contributed by atoms with Gasteiger partial charge in [0.05, 0.1) is 18.8 Å². The maximum Gasteiger partial charge on any atom is 0.193 e. The number of rotatable bonds is 8. The molecule has 0 bridgehead atoms. The van der Waals surface area contributed by atoms with E-state index in [-0.39, 0.29) is 24.0 Å². The van der Waals surface area contributed by atoms with Crippen LogP contribution in [0.3, 0.4) is 0 Å². The Kier molecular flexibility index (Phi) is 10.2. The van der Waals surface area contributed by atoms with E-state index in [9.17, 15) is 0 Å². The van der Waals surface area contributed by atoms with Crippen molar-refractivity contribution < 1.29 is 9.47 Å². The predicted molar refractivity (Wildman–Crippen MR) is 127 cm³/mol. The molecule has 1 saturated heterocycles. The Bertz CT molecular complexity index is 751. The van der Waals surface area contributed by atoms with Crippen molar-refractivity contribution in [2.24, 2.45) is 10.9 Å². The summed E-state index contributed by atoms with van der Waals surface area (Å²) in [5, 5.41) is 3.38. The third-order valence-electron chi connectivity index (χ3n) is 4.68. The highest BCUT2D eigenvalue weighted by molar-refractivity contribution is 14.0. The third-order valence-corrected chi connectivity index (χ3v) is 4.68. The number of hydrogen-bond acceptors (Lipinski definition) is 4. The molecule has 158 valence electrons. The fourth-order valence-corrected chi connectivity index (χ4v) is 3.21. The topological polar surface area (TPSA) is 59.0 Å². The first-order chi connectivity index (χ1) is 13.7. The SMILES string of the molecule is CCNC(=NCc1cccc(OCc2ccccn2)c1)N(C)CC1CCOC1.I. The van der Waals surface area contributed by atoms with Gasteiger partial charge in [0.15, 0.2) is 5.96 Å². The van der Waals surface area contributed by atoms with Crippen molar-refractivity contribution in [1.29, 1.82) is 0 Å². The minimum Gasteiger partial charge on any atom is -0.487 e. The molecule has 1 aromatic heterocycles. The van der Waals surface area contributed by atoms with Crippen LogP contribution in [0.1, 0.15) is 24.6 Å². The van der Waals surface area contributed by atoms with Gasteiger partial charge in [-0.2, -0.15) is 0 Å². The number of nitrogens with one attached hydrogen (secondary N) is 1. The van der Waals surface area contributed by atoms with Gasteiger partial charge < -0.3 is 19.7 Å². The lowest BCUT2D eigenvalue weighted by molar-refractivity contribution is 0.181. The van der Waals surface area contributed by atoms with Gasteiger partial charge in [0, 0.05) is 38.9 Å². The van der Waals surface area contributed by atoms with E-state index in [0.29, 0.717) is 19.1 Å². The van der Waals surface area contributed by atoms with E-state index < -0.39 is 0 Å². The Balaban J connectivity index is 0.00000300. The standard InChI is InChI=1S/C22H30N4O2.HI/c1-3-23-22(26(2)15-19-10-12-27-16-19)25-14-18-7-6-9-21(13-18)28-17-20-8-4-5-11-24-20;/h4-9,11,13,19H,3,10,12,14-17H2,1-2H3,(H,23,25);1H. The van der Waals surface area contributed by atoms with E-state index >= 15 is 0 Å². The maximum absolute atomic E-state index is 5.87. The van der Waals surface area contributed by atoms with Crippen LogP contribution < -0.4 is 10.1 Å². The quantitative estimate of drug-likeness (QED) is 0.334. The van der Waals surface area contributed by atoms with Gasteiger partial charge in [-0.25, -0.2) is 4.99 Å². The largest absolute Gasteiger partial charge is 0.487 e. The highest BCUT2D eigenvalue weighted by Gasteiger charge is 2.19. The fraction of sp³-hybridized carbons (Fsp3) is 0.455. The number of benzene rings is 1. The Hall–Kier alpha value is -1.87. The molecule has 1 aliphatic rings. The summed E-state index contributed by atoms with van der Waals surface area (Å²) in [7, 11) is 2.09. The van der Waals surface area contributed by atoms with E-state index in [1.807, 2.05) is 36.4 Å². The summed E-state index contributed by atoms with van der Waals surface area (Å²) in [4.78, 5) is 11.3. The highest BCUT2D eigenvalue weighted by Crippen LogP contribution is 2.16. The van der Waals surface area contributed by atoms with Gasteiger partial charge in [-0.3, -0.25) is 4.98 Å². The second-order valence-corrected chi connectivity index (χ2v) is 7.04. The number of hydrogen-bond donors (Lipinski definition) is 1. The van der Waals surface area contributed by atoms with Gasteiger partial charge in [0.1, 0.15) is 12.4 Å². The highest BCUT2D eigenvalue weighted by atomic mass is 127. The average Bonchev–Trinajstić information content (AvgIpc) is 3.23. The summed E-state index contributed by atoms with van der Waals surface area (Å²) in [6, 6.07) is 13.9. The second-order valence-electron chi connectivity index (χ2n) is 7.04. The summed E-state index contributed by atoms with van der Waals surface area (Å²) in [6.07, 6.45) is 2.90. The summed E-state index contributed by atoms with van der Waals surface area (Å²) < 4.78 is 11.4. The molecule has 1 aromatic carbocycles. The van der Waals surface area contributed by atoms with E-state index in [4.69, 9.17) is 14.5 Å². The van der Waals surface area contributed by atoms with Gasteiger partial charge in [-0.1, -0.05) is 18.2 Å². The van der Waals surface area contributed by atoms with Crippen molar-refractivity contribution in [1.82, 2.24) is 15.2 Å².